The molecule has 2 aromatic heterocycles. The van der Waals surface area contributed by atoms with Crippen molar-refractivity contribution in [3.8, 4) is 0 Å². The van der Waals surface area contributed by atoms with Crippen molar-refractivity contribution in [3.05, 3.63) is 51.7 Å². The van der Waals surface area contributed by atoms with Crippen LogP contribution in [0.2, 0.25) is 0 Å². The summed E-state index contributed by atoms with van der Waals surface area (Å²) in [7, 11) is 1.86. The number of hydrogen-bond donors (Lipinski definition) is 0. The quantitative estimate of drug-likeness (QED) is 0.473. The molecule has 26 heavy (non-hydrogen) atoms. The van der Waals surface area contributed by atoms with Crippen LogP contribution in [0.15, 0.2) is 29.3 Å². The number of hydrogen-bond acceptors (Lipinski definition) is 5. The molecule has 6 heteroatoms. The van der Waals surface area contributed by atoms with Crippen LogP contribution in [0, 0.1) is 27.7 Å². The third-order valence-corrected chi connectivity index (χ3v) is 6.60. The van der Waals surface area contributed by atoms with Crippen molar-refractivity contribution in [2.45, 2.75) is 39.3 Å². The van der Waals surface area contributed by atoms with E-state index in [0.29, 0.717) is 12.3 Å². The zero-order chi connectivity index (χ0) is 18.8. The van der Waals surface area contributed by atoms with Gasteiger partial charge >= 0.3 is 0 Å². The van der Waals surface area contributed by atoms with Gasteiger partial charge in [0.05, 0.1) is 5.75 Å². The van der Waals surface area contributed by atoms with Crippen molar-refractivity contribution in [2.24, 2.45) is 0 Å². The van der Waals surface area contributed by atoms with Gasteiger partial charge in [-0.3, -0.25) is 4.79 Å². The second kappa shape index (κ2) is 7.76. The number of benzene rings is 1. The average molecular weight is 386 g/mol. The fourth-order valence-corrected chi connectivity index (χ4v) is 5.00. The zero-order valence-electron chi connectivity index (χ0n) is 15.8. The molecule has 0 aliphatic carbocycles. The van der Waals surface area contributed by atoms with Crippen molar-refractivity contribution in [2.75, 3.05) is 12.8 Å². The lowest BCUT2D eigenvalue weighted by Crippen LogP contribution is -2.28. The maximum atomic E-state index is 12.6. The van der Waals surface area contributed by atoms with Crippen molar-refractivity contribution >= 4 is 39.2 Å². The lowest BCUT2D eigenvalue weighted by atomic mass is 10.1. The number of aryl methyl sites for hydroxylation is 4. The van der Waals surface area contributed by atoms with Gasteiger partial charge < -0.3 is 4.90 Å². The summed E-state index contributed by atoms with van der Waals surface area (Å²) in [6.07, 6.45) is 0. The Hall–Kier alpha value is -1.92. The molecule has 0 spiro atoms. The summed E-state index contributed by atoms with van der Waals surface area (Å²) < 4.78 is 0. The summed E-state index contributed by atoms with van der Waals surface area (Å²) in [6, 6.07) is 8.17. The highest BCUT2D eigenvalue weighted by molar-refractivity contribution is 8.00. The van der Waals surface area contributed by atoms with Gasteiger partial charge in [-0.15, -0.1) is 11.3 Å². The molecule has 0 atom stereocenters. The normalized spacial score (nSPS) is 11.1. The van der Waals surface area contributed by atoms with Crippen molar-refractivity contribution in [1.29, 1.82) is 0 Å². The minimum atomic E-state index is 0.104. The molecule has 1 amide bonds. The van der Waals surface area contributed by atoms with Crippen molar-refractivity contribution in [3.63, 3.8) is 0 Å². The summed E-state index contributed by atoms with van der Waals surface area (Å²) in [5.41, 5.74) is 3.60. The van der Waals surface area contributed by atoms with E-state index in [-0.39, 0.29) is 5.91 Å². The van der Waals surface area contributed by atoms with Crippen LogP contribution in [0.3, 0.4) is 0 Å². The van der Waals surface area contributed by atoms with Gasteiger partial charge in [0.2, 0.25) is 5.91 Å². The summed E-state index contributed by atoms with van der Waals surface area (Å²) >= 11 is 3.20. The first-order chi connectivity index (χ1) is 12.4. The molecule has 0 fully saturated rings. The lowest BCUT2D eigenvalue weighted by Gasteiger charge is -2.18. The van der Waals surface area contributed by atoms with E-state index in [1.807, 2.05) is 26.1 Å². The lowest BCUT2D eigenvalue weighted by molar-refractivity contribution is -0.127. The Morgan fingerprint density at radius 3 is 2.62 bits per heavy atom. The van der Waals surface area contributed by atoms with E-state index in [2.05, 4.69) is 42.9 Å². The molecule has 4 nitrogen and oxygen atoms in total. The first-order valence-corrected chi connectivity index (χ1v) is 10.3. The van der Waals surface area contributed by atoms with E-state index in [1.54, 1.807) is 16.2 Å². The molecule has 0 aliphatic rings. The molecule has 0 radical (unpaired) electrons. The Kier molecular flexibility index (Phi) is 5.63. The fraction of sp³-hybridized carbons (Fsp3) is 0.350. The van der Waals surface area contributed by atoms with E-state index in [0.717, 1.165) is 21.1 Å². The zero-order valence-corrected chi connectivity index (χ0v) is 17.4. The third-order valence-electron chi connectivity index (χ3n) is 4.53. The molecule has 3 rings (SSSR count). The van der Waals surface area contributed by atoms with Gasteiger partial charge in [0.25, 0.3) is 0 Å². The smallest absolute Gasteiger partial charge is 0.233 e. The summed E-state index contributed by atoms with van der Waals surface area (Å²) in [6.45, 7) is 8.81. The van der Waals surface area contributed by atoms with Crippen LogP contribution in [0.5, 0.6) is 0 Å². The number of amides is 1. The molecule has 0 saturated carbocycles. The van der Waals surface area contributed by atoms with Crippen molar-refractivity contribution in [1.82, 2.24) is 14.9 Å². The standard InChI is InChI=1S/C20H23N3OS2/c1-12-8-6-7-9-16(12)10-23(5)17(24)11-25-19-18-13(2)14(3)26-20(18)22-15(4)21-19/h6-9H,10-11H2,1-5H3. The van der Waals surface area contributed by atoms with Gasteiger partial charge in [-0.25, -0.2) is 9.97 Å². The fourth-order valence-electron chi connectivity index (χ4n) is 2.79. The van der Waals surface area contributed by atoms with Crippen LogP contribution in [-0.4, -0.2) is 33.6 Å². The maximum Gasteiger partial charge on any atom is 0.233 e. The number of carbonyl (C=O) groups is 1. The first-order valence-electron chi connectivity index (χ1n) is 8.52. The highest BCUT2D eigenvalue weighted by atomic mass is 32.2. The van der Waals surface area contributed by atoms with Crippen LogP contribution in [-0.2, 0) is 11.3 Å². The number of fused-ring (bicyclic) bond motifs is 1. The maximum absolute atomic E-state index is 12.6. The Morgan fingerprint density at radius 1 is 1.15 bits per heavy atom. The predicted octanol–water partition coefficient (Wildman–Crippen LogP) is 4.68. The average Bonchev–Trinajstić information content (AvgIpc) is 2.88. The van der Waals surface area contributed by atoms with E-state index < -0.39 is 0 Å². The highest BCUT2D eigenvalue weighted by Gasteiger charge is 2.16. The summed E-state index contributed by atoms with van der Waals surface area (Å²) in [4.78, 5) is 25.8. The molecule has 1 aromatic carbocycles. The largest absolute Gasteiger partial charge is 0.341 e. The van der Waals surface area contributed by atoms with Gasteiger partial charge in [-0.2, -0.15) is 0 Å². The molecule has 0 N–H and O–H groups in total. The third kappa shape index (κ3) is 3.91. The summed E-state index contributed by atoms with van der Waals surface area (Å²) in [5, 5.41) is 2.00. The van der Waals surface area contributed by atoms with Gasteiger partial charge in [0.15, 0.2) is 0 Å². The Labute approximate surface area is 162 Å². The second-order valence-corrected chi connectivity index (χ2v) is 8.67. The number of thiophene rings is 1. The van der Waals surface area contributed by atoms with Gasteiger partial charge in [-0.1, -0.05) is 36.0 Å². The van der Waals surface area contributed by atoms with E-state index in [1.165, 1.54) is 33.3 Å². The first kappa shape index (κ1) is 18.9. The molecule has 0 bridgehead atoms. The Morgan fingerprint density at radius 2 is 1.88 bits per heavy atom. The molecule has 2 heterocycles. The van der Waals surface area contributed by atoms with E-state index >= 15 is 0 Å². The minimum Gasteiger partial charge on any atom is -0.341 e. The van der Waals surface area contributed by atoms with Crippen LogP contribution >= 0.6 is 23.1 Å². The predicted molar refractivity (Wildman–Crippen MR) is 110 cm³/mol. The molecule has 0 saturated heterocycles. The molecule has 0 aliphatic heterocycles. The van der Waals surface area contributed by atoms with Gasteiger partial charge in [-0.05, 0) is 44.4 Å². The molecule has 136 valence electrons. The van der Waals surface area contributed by atoms with Crippen LogP contribution in [0.4, 0.5) is 0 Å². The molecule has 3 aromatic rings. The van der Waals surface area contributed by atoms with Gasteiger partial charge in [0, 0.05) is 23.9 Å². The molecule has 0 unspecified atom stereocenters. The van der Waals surface area contributed by atoms with Crippen LogP contribution < -0.4 is 0 Å². The van der Waals surface area contributed by atoms with Crippen LogP contribution in [0.25, 0.3) is 10.2 Å². The number of nitrogens with zero attached hydrogens (tertiary/aromatic N) is 3. The topological polar surface area (TPSA) is 46.1 Å². The summed E-state index contributed by atoms with van der Waals surface area (Å²) in [5.74, 6) is 1.23. The number of carbonyl (C=O) groups excluding carboxylic acids is 1. The number of aromatic nitrogens is 2. The van der Waals surface area contributed by atoms with E-state index in [9.17, 15) is 4.79 Å². The Balaban J connectivity index is 1.73. The van der Waals surface area contributed by atoms with Gasteiger partial charge in [0.1, 0.15) is 15.7 Å². The van der Waals surface area contributed by atoms with Crippen LogP contribution in [0.1, 0.15) is 27.4 Å². The minimum absolute atomic E-state index is 0.104. The highest BCUT2D eigenvalue weighted by Crippen LogP contribution is 2.35. The Bertz CT molecular complexity index is 965. The molecular formula is C20H23N3OS2. The number of rotatable bonds is 5. The van der Waals surface area contributed by atoms with E-state index in [4.69, 9.17) is 0 Å². The monoisotopic (exact) mass is 385 g/mol. The second-order valence-electron chi connectivity index (χ2n) is 6.50. The molecular weight excluding hydrogens is 362 g/mol. The number of thioether (sulfide) groups is 1. The SMILES string of the molecule is Cc1nc(SCC(=O)N(C)Cc2ccccc2C)c2c(C)c(C)sc2n1. The van der Waals surface area contributed by atoms with Crippen molar-refractivity contribution < 1.29 is 4.79 Å².